The maximum atomic E-state index is 12.1. The van der Waals surface area contributed by atoms with Crippen molar-refractivity contribution in [1.29, 1.82) is 0 Å². The topological polar surface area (TPSA) is 89.4 Å². The molecule has 1 rings (SSSR count). The third-order valence-electron chi connectivity index (χ3n) is 3.58. The molecule has 0 aromatic heterocycles. The van der Waals surface area contributed by atoms with Crippen LogP contribution in [0.25, 0.3) is 0 Å². The normalized spacial score (nSPS) is 28.9. The molecule has 0 aromatic rings. The number of carbonyl (C=O) groups excluding carboxylic acids is 2. The molecule has 0 bridgehead atoms. The van der Waals surface area contributed by atoms with E-state index in [1.165, 1.54) is 0 Å². The summed E-state index contributed by atoms with van der Waals surface area (Å²) < 4.78 is 0. The first kappa shape index (κ1) is 13.0. The van der Waals surface area contributed by atoms with Crippen LogP contribution in [0.3, 0.4) is 0 Å². The first-order valence-electron chi connectivity index (χ1n) is 5.61. The van der Waals surface area contributed by atoms with E-state index in [-0.39, 0.29) is 11.8 Å². The minimum atomic E-state index is -0.844. The Balaban J connectivity index is 2.74. The van der Waals surface area contributed by atoms with Crippen LogP contribution in [-0.2, 0) is 9.59 Å². The predicted molar refractivity (Wildman–Crippen MR) is 61.4 cm³/mol. The second-order valence-corrected chi connectivity index (χ2v) is 5.17. The van der Waals surface area contributed by atoms with Crippen molar-refractivity contribution in [3.63, 3.8) is 0 Å². The number of primary amides is 1. The second-order valence-electron chi connectivity index (χ2n) is 5.17. The Labute approximate surface area is 96.1 Å². The lowest BCUT2D eigenvalue weighted by Gasteiger charge is -2.29. The van der Waals surface area contributed by atoms with Gasteiger partial charge in [-0.05, 0) is 26.7 Å². The molecule has 92 valence electrons. The summed E-state index contributed by atoms with van der Waals surface area (Å²) in [7, 11) is 0. The summed E-state index contributed by atoms with van der Waals surface area (Å²) in [5, 5.41) is 0. The van der Waals surface area contributed by atoms with Crippen molar-refractivity contribution < 1.29 is 9.59 Å². The van der Waals surface area contributed by atoms with E-state index in [4.69, 9.17) is 11.5 Å². The van der Waals surface area contributed by atoms with E-state index in [9.17, 15) is 9.59 Å². The van der Waals surface area contributed by atoms with Gasteiger partial charge in [0.2, 0.25) is 11.8 Å². The lowest BCUT2D eigenvalue weighted by molar-refractivity contribution is -0.136. The van der Waals surface area contributed by atoms with Crippen molar-refractivity contribution in [1.82, 2.24) is 4.90 Å². The number of hydrogen-bond donors (Lipinski definition) is 2. The van der Waals surface area contributed by atoms with Gasteiger partial charge in [0.05, 0.1) is 11.0 Å². The Bertz CT molecular complexity index is 314. The summed E-state index contributed by atoms with van der Waals surface area (Å²) in [4.78, 5) is 25.0. The number of amides is 2. The summed E-state index contributed by atoms with van der Waals surface area (Å²) >= 11 is 0. The Morgan fingerprint density at radius 2 is 2.06 bits per heavy atom. The summed E-state index contributed by atoms with van der Waals surface area (Å²) in [5.74, 6) is -0.446. The van der Waals surface area contributed by atoms with E-state index in [1.54, 1.807) is 18.7 Å². The summed E-state index contributed by atoms with van der Waals surface area (Å²) in [6, 6.07) is 0. The van der Waals surface area contributed by atoms with Gasteiger partial charge in [-0.3, -0.25) is 9.59 Å². The molecule has 16 heavy (non-hydrogen) atoms. The zero-order chi connectivity index (χ0) is 12.6. The lowest BCUT2D eigenvalue weighted by atomic mass is 9.89. The molecule has 4 N–H and O–H groups in total. The molecule has 2 atom stereocenters. The highest BCUT2D eigenvalue weighted by Crippen LogP contribution is 2.30. The molecule has 0 aromatic carbocycles. The number of nitrogens with zero attached hydrogens (tertiary/aromatic N) is 1. The van der Waals surface area contributed by atoms with E-state index in [0.29, 0.717) is 25.9 Å². The molecule has 0 aliphatic carbocycles. The first-order chi connectivity index (χ1) is 7.23. The third-order valence-corrected chi connectivity index (χ3v) is 3.58. The molecule has 0 spiro atoms. The zero-order valence-corrected chi connectivity index (χ0v) is 10.2. The maximum Gasteiger partial charge on any atom is 0.242 e. The molecular weight excluding hydrogens is 206 g/mol. The molecule has 1 aliphatic rings. The van der Waals surface area contributed by atoms with Crippen LogP contribution >= 0.6 is 0 Å². The SMILES string of the molecule is CCC(C)(N)C(=O)N1CCC(C)(C(N)=O)C1. The smallest absolute Gasteiger partial charge is 0.242 e. The van der Waals surface area contributed by atoms with Gasteiger partial charge in [-0.1, -0.05) is 6.92 Å². The van der Waals surface area contributed by atoms with E-state index < -0.39 is 11.0 Å². The molecular formula is C11H21N3O2. The molecule has 2 unspecified atom stereocenters. The van der Waals surface area contributed by atoms with Crippen LogP contribution in [0.1, 0.15) is 33.6 Å². The first-order valence-corrected chi connectivity index (χ1v) is 5.61. The van der Waals surface area contributed by atoms with Crippen LogP contribution in [0, 0.1) is 5.41 Å². The third kappa shape index (κ3) is 2.19. The molecule has 5 heteroatoms. The summed E-state index contributed by atoms with van der Waals surface area (Å²) in [6.45, 7) is 6.33. The largest absolute Gasteiger partial charge is 0.369 e. The van der Waals surface area contributed by atoms with Crippen LogP contribution in [-0.4, -0.2) is 35.3 Å². The van der Waals surface area contributed by atoms with Crippen molar-refractivity contribution >= 4 is 11.8 Å². The van der Waals surface area contributed by atoms with E-state index in [1.807, 2.05) is 6.92 Å². The molecule has 0 radical (unpaired) electrons. The lowest BCUT2D eigenvalue weighted by Crippen LogP contribution is -2.53. The zero-order valence-electron chi connectivity index (χ0n) is 10.2. The van der Waals surface area contributed by atoms with Crippen LogP contribution in [0.2, 0.25) is 0 Å². The standard InChI is InChI=1S/C11H21N3O2/c1-4-11(3,13)9(16)14-6-5-10(2,7-14)8(12)15/h4-7,13H2,1-3H3,(H2,12,15). The Morgan fingerprint density at radius 3 is 2.44 bits per heavy atom. The number of rotatable bonds is 3. The van der Waals surface area contributed by atoms with Crippen LogP contribution < -0.4 is 11.5 Å². The highest BCUT2D eigenvalue weighted by molar-refractivity contribution is 5.88. The Hall–Kier alpha value is -1.10. The summed E-state index contributed by atoms with van der Waals surface area (Å²) in [5.41, 5.74) is 9.78. The van der Waals surface area contributed by atoms with Crippen molar-refractivity contribution in [2.75, 3.05) is 13.1 Å². The van der Waals surface area contributed by atoms with Crippen LogP contribution in [0.5, 0.6) is 0 Å². The van der Waals surface area contributed by atoms with E-state index in [0.717, 1.165) is 0 Å². The van der Waals surface area contributed by atoms with Crippen molar-refractivity contribution in [2.45, 2.75) is 39.2 Å². The Morgan fingerprint density at radius 1 is 1.50 bits per heavy atom. The van der Waals surface area contributed by atoms with E-state index >= 15 is 0 Å². The van der Waals surface area contributed by atoms with Gasteiger partial charge in [-0.25, -0.2) is 0 Å². The van der Waals surface area contributed by atoms with Crippen LogP contribution in [0.15, 0.2) is 0 Å². The van der Waals surface area contributed by atoms with Gasteiger partial charge in [0.15, 0.2) is 0 Å². The quantitative estimate of drug-likeness (QED) is 0.702. The van der Waals surface area contributed by atoms with Gasteiger partial charge in [0, 0.05) is 13.1 Å². The van der Waals surface area contributed by atoms with Gasteiger partial charge >= 0.3 is 0 Å². The maximum absolute atomic E-state index is 12.1. The number of carbonyl (C=O) groups is 2. The monoisotopic (exact) mass is 227 g/mol. The molecule has 2 amide bonds. The average molecular weight is 227 g/mol. The minimum Gasteiger partial charge on any atom is -0.369 e. The molecule has 1 saturated heterocycles. The highest BCUT2D eigenvalue weighted by atomic mass is 16.2. The Kier molecular flexibility index (Phi) is 3.28. The fraction of sp³-hybridized carbons (Fsp3) is 0.818. The van der Waals surface area contributed by atoms with Gasteiger partial charge in [-0.2, -0.15) is 0 Å². The van der Waals surface area contributed by atoms with Gasteiger partial charge in [-0.15, -0.1) is 0 Å². The fourth-order valence-corrected chi connectivity index (χ4v) is 1.85. The van der Waals surface area contributed by atoms with E-state index in [2.05, 4.69) is 0 Å². The number of likely N-dealkylation sites (tertiary alicyclic amines) is 1. The number of nitrogens with two attached hydrogens (primary N) is 2. The second kappa shape index (κ2) is 4.05. The average Bonchev–Trinajstić information content (AvgIpc) is 2.61. The predicted octanol–water partition coefficient (Wildman–Crippen LogP) is -0.162. The van der Waals surface area contributed by atoms with Gasteiger partial charge in [0.1, 0.15) is 0 Å². The van der Waals surface area contributed by atoms with Gasteiger partial charge < -0.3 is 16.4 Å². The highest BCUT2D eigenvalue weighted by Gasteiger charge is 2.43. The minimum absolute atomic E-state index is 0.0972. The van der Waals surface area contributed by atoms with Gasteiger partial charge in [0.25, 0.3) is 0 Å². The molecule has 0 saturated carbocycles. The van der Waals surface area contributed by atoms with Crippen molar-refractivity contribution in [3.05, 3.63) is 0 Å². The molecule has 1 heterocycles. The fourth-order valence-electron chi connectivity index (χ4n) is 1.85. The molecule has 5 nitrogen and oxygen atoms in total. The van der Waals surface area contributed by atoms with Crippen molar-refractivity contribution in [3.8, 4) is 0 Å². The number of hydrogen-bond acceptors (Lipinski definition) is 3. The molecule has 1 aliphatic heterocycles. The van der Waals surface area contributed by atoms with Crippen LogP contribution in [0.4, 0.5) is 0 Å². The summed E-state index contributed by atoms with van der Waals surface area (Å²) in [6.07, 6.45) is 1.20. The van der Waals surface area contributed by atoms with Crippen molar-refractivity contribution in [2.24, 2.45) is 16.9 Å². The molecule has 1 fully saturated rings.